The lowest BCUT2D eigenvalue weighted by Gasteiger charge is -2.21. The Hall–Kier alpha value is -0.800. The van der Waals surface area contributed by atoms with Crippen LogP contribution in [0.25, 0.3) is 0 Å². The molecule has 0 aromatic heterocycles. The molecule has 3 heteroatoms. The lowest BCUT2D eigenvalue weighted by Crippen LogP contribution is -2.30. The number of hydrogen-bond donors (Lipinski definition) is 1. The third-order valence-electron chi connectivity index (χ3n) is 2.73. The standard InChI is InChI=1S/C12H14O2S/c13-8-11-3-1-10(2-4-11)7-12(14)5-6-15-9-12/h1-4,8,14H,5-7,9H2. The summed E-state index contributed by atoms with van der Waals surface area (Å²) in [6.07, 6.45) is 2.40. The van der Waals surface area contributed by atoms with E-state index in [2.05, 4.69) is 0 Å². The van der Waals surface area contributed by atoms with Crippen LogP contribution in [-0.4, -0.2) is 28.5 Å². The summed E-state index contributed by atoms with van der Waals surface area (Å²) in [7, 11) is 0. The molecule has 0 saturated carbocycles. The third-order valence-corrected chi connectivity index (χ3v) is 3.97. The van der Waals surface area contributed by atoms with Gasteiger partial charge in [-0.2, -0.15) is 11.8 Å². The molecule has 1 saturated heterocycles. The van der Waals surface area contributed by atoms with Crippen LogP contribution in [0.3, 0.4) is 0 Å². The molecule has 0 amide bonds. The quantitative estimate of drug-likeness (QED) is 0.794. The number of hydrogen-bond acceptors (Lipinski definition) is 3. The summed E-state index contributed by atoms with van der Waals surface area (Å²) in [6, 6.07) is 7.44. The van der Waals surface area contributed by atoms with Gasteiger partial charge >= 0.3 is 0 Å². The van der Waals surface area contributed by atoms with E-state index in [-0.39, 0.29) is 0 Å². The molecular weight excluding hydrogens is 208 g/mol. The van der Waals surface area contributed by atoms with E-state index in [1.54, 1.807) is 23.9 Å². The minimum atomic E-state index is -0.534. The minimum Gasteiger partial charge on any atom is -0.389 e. The van der Waals surface area contributed by atoms with Crippen LogP contribution in [0, 0.1) is 0 Å². The van der Waals surface area contributed by atoms with E-state index in [4.69, 9.17) is 0 Å². The predicted molar refractivity (Wildman–Crippen MR) is 62.4 cm³/mol. The molecule has 15 heavy (non-hydrogen) atoms. The molecule has 1 unspecified atom stereocenters. The number of aldehydes is 1. The Balaban J connectivity index is 2.07. The monoisotopic (exact) mass is 222 g/mol. The lowest BCUT2D eigenvalue weighted by atomic mass is 9.94. The van der Waals surface area contributed by atoms with E-state index < -0.39 is 5.60 Å². The minimum absolute atomic E-state index is 0.534. The van der Waals surface area contributed by atoms with Crippen molar-refractivity contribution in [1.29, 1.82) is 0 Å². The number of carbonyl (C=O) groups is 1. The van der Waals surface area contributed by atoms with E-state index in [0.717, 1.165) is 29.8 Å². The summed E-state index contributed by atoms with van der Waals surface area (Å²) in [6.45, 7) is 0. The van der Waals surface area contributed by atoms with Gasteiger partial charge in [-0.15, -0.1) is 0 Å². The smallest absolute Gasteiger partial charge is 0.150 e. The van der Waals surface area contributed by atoms with Gasteiger partial charge in [-0.3, -0.25) is 4.79 Å². The van der Waals surface area contributed by atoms with Crippen molar-refractivity contribution in [2.45, 2.75) is 18.4 Å². The van der Waals surface area contributed by atoms with Gasteiger partial charge in [0.05, 0.1) is 5.60 Å². The molecule has 1 heterocycles. The maximum atomic E-state index is 10.5. The molecule has 0 aliphatic carbocycles. The number of aliphatic hydroxyl groups is 1. The van der Waals surface area contributed by atoms with Crippen LogP contribution in [0.1, 0.15) is 22.3 Å². The highest BCUT2D eigenvalue weighted by atomic mass is 32.2. The van der Waals surface area contributed by atoms with Crippen molar-refractivity contribution in [2.75, 3.05) is 11.5 Å². The average Bonchev–Trinajstić information content (AvgIpc) is 2.66. The summed E-state index contributed by atoms with van der Waals surface area (Å²) >= 11 is 1.80. The van der Waals surface area contributed by atoms with Crippen LogP contribution in [0.5, 0.6) is 0 Å². The first-order chi connectivity index (χ1) is 7.22. The van der Waals surface area contributed by atoms with Gasteiger partial charge in [-0.1, -0.05) is 24.3 Å². The zero-order chi connectivity index (χ0) is 10.7. The summed E-state index contributed by atoms with van der Waals surface area (Å²) < 4.78 is 0. The van der Waals surface area contributed by atoms with E-state index in [0.29, 0.717) is 12.0 Å². The molecule has 0 spiro atoms. The van der Waals surface area contributed by atoms with Crippen molar-refractivity contribution >= 4 is 18.0 Å². The largest absolute Gasteiger partial charge is 0.389 e. The molecule has 1 aliphatic heterocycles. The maximum absolute atomic E-state index is 10.5. The summed E-state index contributed by atoms with van der Waals surface area (Å²) in [5, 5.41) is 10.2. The van der Waals surface area contributed by atoms with Gasteiger partial charge < -0.3 is 5.11 Å². The van der Waals surface area contributed by atoms with E-state index in [9.17, 15) is 9.90 Å². The van der Waals surface area contributed by atoms with Crippen molar-refractivity contribution < 1.29 is 9.90 Å². The van der Waals surface area contributed by atoms with Crippen LogP contribution >= 0.6 is 11.8 Å². The molecule has 1 aromatic rings. The van der Waals surface area contributed by atoms with Gasteiger partial charge in [0.15, 0.2) is 0 Å². The number of rotatable bonds is 3. The number of benzene rings is 1. The zero-order valence-corrected chi connectivity index (χ0v) is 9.30. The lowest BCUT2D eigenvalue weighted by molar-refractivity contribution is 0.0686. The van der Waals surface area contributed by atoms with E-state index in [1.807, 2.05) is 12.1 Å². The fraction of sp³-hybridized carbons (Fsp3) is 0.417. The Morgan fingerprint density at radius 1 is 1.40 bits per heavy atom. The Morgan fingerprint density at radius 3 is 2.67 bits per heavy atom. The predicted octanol–water partition coefficient (Wildman–Crippen LogP) is 1.91. The second-order valence-corrected chi connectivity index (χ2v) is 5.17. The van der Waals surface area contributed by atoms with Crippen molar-refractivity contribution in [3.8, 4) is 0 Å². The number of thioether (sulfide) groups is 1. The van der Waals surface area contributed by atoms with Gasteiger partial charge in [0.1, 0.15) is 6.29 Å². The number of carbonyl (C=O) groups excluding carboxylic acids is 1. The highest BCUT2D eigenvalue weighted by Crippen LogP contribution is 2.30. The fourth-order valence-corrected chi connectivity index (χ4v) is 3.12. The van der Waals surface area contributed by atoms with Gasteiger partial charge in [0.2, 0.25) is 0 Å². The molecular formula is C12H14O2S. The highest BCUT2D eigenvalue weighted by molar-refractivity contribution is 7.99. The van der Waals surface area contributed by atoms with Crippen LogP contribution in [0.4, 0.5) is 0 Å². The SMILES string of the molecule is O=Cc1ccc(CC2(O)CCSC2)cc1. The molecule has 1 atom stereocenters. The normalized spacial score (nSPS) is 25.4. The first kappa shape index (κ1) is 10.7. The Kier molecular flexibility index (Phi) is 3.12. The average molecular weight is 222 g/mol. The van der Waals surface area contributed by atoms with Crippen LogP contribution < -0.4 is 0 Å². The van der Waals surface area contributed by atoms with Crippen molar-refractivity contribution in [1.82, 2.24) is 0 Å². The van der Waals surface area contributed by atoms with Crippen LogP contribution in [-0.2, 0) is 6.42 Å². The second kappa shape index (κ2) is 4.37. The van der Waals surface area contributed by atoms with Crippen molar-refractivity contribution in [3.63, 3.8) is 0 Å². The van der Waals surface area contributed by atoms with Gasteiger partial charge in [-0.25, -0.2) is 0 Å². The molecule has 1 aromatic carbocycles. The molecule has 0 bridgehead atoms. The maximum Gasteiger partial charge on any atom is 0.150 e. The first-order valence-electron chi connectivity index (χ1n) is 5.06. The summed E-state index contributed by atoms with van der Waals surface area (Å²) in [5.41, 5.74) is 1.25. The molecule has 80 valence electrons. The summed E-state index contributed by atoms with van der Waals surface area (Å²) in [4.78, 5) is 10.5. The summed E-state index contributed by atoms with van der Waals surface area (Å²) in [5.74, 6) is 1.87. The molecule has 2 rings (SSSR count). The van der Waals surface area contributed by atoms with Crippen LogP contribution in [0.15, 0.2) is 24.3 Å². The van der Waals surface area contributed by atoms with Crippen molar-refractivity contribution in [3.05, 3.63) is 35.4 Å². The van der Waals surface area contributed by atoms with Crippen LogP contribution in [0.2, 0.25) is 0 Å². The first-order valence-corrected chi connectivity index (χ1v) is 6.22. The third kappa shape index (κ3) is 2.61. The molecule has 2 nitrogen and oxygen atoms in total. The molecule has 1 N–H and O–H groups in total. The zero-order valence-electron chi connectivity index (χ0n) is 8.48. The Labute approximate surface area is 93.7 Å². The Morgan fingerprint density at radius 2 is 2.13 bits per heavy atom. The van der Waals surface area contributed by atoms with E-state index in [1.165, 1.54) is 0 Å². The van der Waals surface area contributed by atoms with Gasteiger partial charge in [0.25, 0.3) is 0 Å². The van der Waals surface area contributed by atoms with Crippen molar-refractivity contribution in [2.24, 2.45) is 0 Å². The van der Waals surface area contributed by atoms with Gasteiger partial charge in [0, 0.05) is 17.7 Å². The Bertz CT molecular complexity index is 339. The van der Waals surface area contributed by atoms with Gasteiger partial charge in [-0.05, 0) is 17.7 Å². The second-order valence-electron chi connectivity index (χ2n) is 4.06. The fourth-order valence-electron chi connectivity index (χ4n) is 1.83. The molecule has 0 radical (unpaired) electrons. The molecule has 1 fully saturated rings. The topological polar surface area (TPSA) is 37.3 Å². The van der Waals surface area contributed by atoms with E-state index >= 15 is 0 Å². The molecule has 1 aliphatic rings. The highest BCUT2D eigenvalue weighted by Gasteiger charge is 2.31.